The molecule has 0 aliphatic carbocycles. The van der Waals surface area contributed by atoms with Crippen LogP contribution in [-0.2, 0) is 16.3 Å². The van der Waals surface area contributed by atoms with Gasteiger partial charge in [-0.25, -0.2) is 0 Å². The molecule has 44 valence electrons. The van der Waals surface area contributed by atoms with Crippen LogP contribution in [0, 0.1) is 13.0 Å². The Bertz CT molecular complexity index is 143. The van der Waals surface area contributed by atoms with Crippen molar-refractivity contribution in [1.82, 2.24) is 4.98 Å². The van der Waals surface area contributed by atoms with Gasteiger partial charge in [0.25, 0.3) is 0 Å². The molecule has 0 aliphatic rings. The van der Waals surface area contributed by atoms with Gasteiger partial charge in [0.1, 0.15) is 0 Å². The van der Waals surface area contributed by atoms with Gasteiger partial charge in [-0.2, -0.15) is 18.2 Å². The number of pyridine rings is 1. The molecule has 9 heavy (non-hydrogen) atoms. The van der Waals surface area contributed by atoms with Crippen molar-refractivity contribution in [3.63, 3.8) is 0 Å². The molecule has 3 heteroatoms. The van der Waals surface area contributed by atoms with Gasteiger partial charge in [0.15, 0.2) is 0 Å². The molecule has 0 spiro atoms. The van der Waals surface area contributed by atoms with E-state index in [2.05, 4.69) is 24.7 Å². The zero-order chi connectivity index (χ0) is 7.11. The second kappa shape index (κ2) is 6.37. The fourth-order valence-electron chi connectivity index (χ4n) is 0.404. The van der Waals surface area contributed by atoms with Gasteiger partial charge in [0.2, 0.25) is 0 Å². The van der Waals surface area contributed by atoms with Crippen molar-refractivity contribution in [3.05, 3.63) is 30.1 Å². The summed E-state index contributed by atoms with van der Waals surface area (Å²) in [4.78, 5) is 3.95. The van der Waals surface area contributed by atoms with Gasteiger partial charge < -0.3 is 4.98 Å². The molecule has 0 aromatic carbocycles. The van der Waals surface area contributed by atoms with E-state index < -0.39 is 0 Å². The van der Waals surface area contributed by atoms with Crippen molar-refractivity contribution in [3.8, 4) is 0 Å². The summed E-state index contributed by atoms with van der Waals surface area (Å²) in [5.74, 6) is 0. The Morgan fingerprint density at radius 1 is 1.67 bits per heavy atom. The van der Waals surface area contributed by atoms with Crippen molar-refractivity contribution in [2.75, 3.05) is 0 Å². The molecule has 0 radical (unpaired) electrons. The summed E-state index contributed by atoms with van der Waals surface area (Å²) in [7, 11) is 0. The summed E-state index contributed by atoms with van der Waals surface area (Å²) in [6.45, 7) is 1.94. The van der Waals surface area contributed by atoms with Crippen LogP contribution in [0.15, 0.2) is 18.3 Å². The molecule has 1 heterocycles. The molecule has 1 nitrogen and oxygen atoms in total. The van der Waals surface area contributed by atoms with Gasteiger partial charge in [-0.3, -0.25) is 0 Å². The Morgan fingerprint density at radius 2 is 2.33 bits per heavy atom. The third-order valence-electron chi connectivity index (χ3n) is 0.741. The van der Waals surface area contributed by atoms with E-state index >= 15 is 0 Å². The van der Waals surface area contributed by atoms with Crippen molar-refractivity contribution >= 4 is 13.6 Å². The van der Waals surface area contributed by atoms with Crippen LogP contribution in [0.3, 0.4) is 0 Å². The fourth-order valence-corrected chi connectivity index (χ4v) is 0.404. The molecule has 0 bridgehead atoms. The quantitative estimate of drug-likeness (QED) is 0.497. The first-order chi connectivity index (χ1) is 4.39. The van der Waals surface area contributed by atoms with Gasteiger partial charge in [-0.1, -0.05) is 18.8 Å². The van der Waals surface area contributed by atoms with Crippen molar-refractivity contribution in [2.45, 2.75) is 6.92 Å². The number of halogens is 1. The Kier molecular flexibility index (Phi) is 6.55. The molecule has 1 aromatic rings. The van der Waals surface area contributed by atoms with Gasteiger partial charge in [-0.15, -0.1) is 0 Å². The van der Waals surface area contributed by atoms with Gasteiger partial charge in [-0.05, 0) is 0 Å². The van der Waals surface area contributed by atoms with Crippen LogP contribution < -0.4 is 0 Å². The molecule has 0 amide bonds. The summed E-state index contributed by atoms with van der Waals surface area (Å²) in [6, 6.07) is 6.53. The topological polar surface area (TPSA) is 12.9 Å². The number of hydrogen-bond acceptors (Lipinski definition) is 1. The van der Waals surface area contributed by atoms with E-state index in [1.807, 2.05) is 13.0 Å². The SMILES string of the molecule is Cc1c[c-]ccn1.[Zn+][Br]. The summed E-state index contributed by atoms with van der Waals surface area (Å²) < 4.78 is 0. The molecule has 0 atom stereocenters. The molecular formula is C6H6BrNZn. The van der Waals surface area contributed by atoms with Crippen molar-refractivity contribution < 1.29 is 16.3 Å². The van der Waals surface area contributed by atoms with Crippen LogP contribution in [0.1, 0.15) is 5.69 Å². The first-order valence-corrected chi connectivity index (χ1v) is 9.40. The average molecular weight is 237 g/mol. The molecule has 0 unspecified atom stereocenters. The van der Waals surface area contributed by atoms with Gasteiger partial charge in [0.05, 0.1) is 0 Å². The molecule has 0 saturated carbocycles. The average Bonchev–Trinajstić information content (AvgIpc) is 1.94. The zero-order valence-corrected chi connectivity index (χ0v) is 9.82. The van der Waals surface area contributed by atoms with E-state index in [1.165, 1.54) is 16.3 Å². The number of aryl methyl sites for hydroxylation is 1. The van der Waals surface area contributed by atoms with E-state index in [-0.39, 0.29) is 0 Å². The van der Waals surface area contributed by atoms with Crippen molar-refractivity contribution in [1.29, 1.82) is 0 Å². The Balaban J connectivity index is 0.000000291. The third kappa shape index (κ3) is 4.74. The summed E-state index contributed by atoms with van der Waals surface area (Å²) >= 11 is 4.25. The van der Waals surface area contributed by atoms with E-state index in [4.69, 9.17) is 0 Å². The Morgan fingerprint density at radius 3 is 2.56 bits per heavy atom. The maximum atomic E-state index is 3.95. The molecule has 0 saturated heterocycles. The predicted octanol–water partition coefficient (Wildman–Crippen LogP) is 2.03. The van der Waals surface area contributed by atoms with Crippen molar-refractivity contribution in [2.24, 2.45) is 0 Å². The predicted molar refractivity (Wildman–Crippen MR) is 36.7 cm³/mol. The maximum absolute atomic E-state index is 3.95. The van der Waals surface area contributed by atoms with E-state index in [1.54, 1.807) is 12.3 Å². The molecule has 0 N–H and O–H groups in total. The van der Waals surface area contributed by atoms with E-state index in [0.717, 1.165) is 5.69 Å². The second-order valence-corrected chi connectivity index (χ2v) is 1.40. The number of aromatic nitrogens is 1. The van der Waals surface area contributed by atoms with Crippen LogP contribution in [0.25, 0.3) is 0 Å². The molecule has 1 rings (SSSR count). The van der Waals surface area contributed by atoms with Crippen LogP contribution in [0.4, 0.5) is 0 Å². The normalized spacial score (nSPS) is 7.56. The second-order valence-electron chi connectivity index (χ2n) is 1.40. The van der Waals surface area contributed by atoms with Gasteiger partial charge in [0, 0.05) is 0 Å². The summed E-state index contributed by atoms with van der Waals surface area (Å²) in [6.07, 6.45) is 1.73. The van der Waals surface area contributed by atoms with Crippen LogP contribution in [-0.4, -0.2) is 4.98 Å². The standard InChI is InChI=1S/C6H6N.BrH.Zn/c1-6-4-2-3-5-7-6;;/h3-5H,1H3;1H;/q-1;;+2/p-1. The number of nitrogens with zero attached hydrogens (tertiary/aromatic N) is 1. The zero-order valence-electron chi connectivity index (χ0n) is 5.26. The fraction of sp³-hybridized carbons (Fsp3) is 0.167. The van der Waals surface area contributed by atoms with E-state index in [9.17, 15) is 0 Å². The summed E-state index contributed by atoms with van der Waals surface area (Å²) in [5, 5.41) is 0. The molecule has 1 aromatic heterocycles. The summed E-state index contributed by atoms with van der Waals surface area (Å²) in [5.41, 5.74) is 1.02. The minimum atomic E-state index is 1.02. The Hall–Kier alpha value is 0.253. The molecule has 0 fully saturated rings. The number of hydrogen-bond donors (Lipinski definition) is 0. The first-order valence-electron chi connectivity index (χ1n) is 2.45. The molecule has 0 aliphatic heterocycles. The van der Waals surface area contributed by atoms with Gasteiger partial charge >= 0.3 is 30.0 Å². The Labute approximate surface area is 71.9 Å². The monoisotopic (exact) mass is 235 g/mol. The third-order valence-corrected chi connectivity index (χ3v) is 0.741. The van der Waals surface area contributed by atoms with Crippen LogP contribution in [0.2, 0.25) is 0 Å². The van der Waals surface area contributed by atoms with Crippen LogP contribution >= 0.6 is 13.6 Å². The first kappa shape index (κ1) is 9.25. The van der Waals surface area contributed by atoms with E-state index in [0.29, 0.717) is 0 Å². The van der Waals surface area contributed by atoms with Crippen LogP contribution in [0.5, 0.6) is 0 Å². The molecular weight excluding hydrogens is 231 g/mol. The number of rotatable bonds is 0. The minimum absolute atomic E-state index is 1.02.